The van der Waals surface area contributed by atoms with Crippen molar-refractivity contribution in [2.75, 3.05) is 10.7 Å². The van der Waals surface area contributed by atoms with Crippen LogP contribution < -0.4 is 16.6 Å². The molecule has 1 aromatic heterocycles. The molecule has 0 atom stereocenters. The SMILES string of the molecule is Cc1c(NN)nc(C(C)C)nc1Nc1cc(F)cc(Cl)c1. The molecule has 0 spiro atoms. The highest BCUT2D eigenvalue weighted by molar-refractivity contribution is 6.30. The van der Waals surface area contributed by atoms with E-state index in [0.29, 0.717) is 28.2 Å². The lowest BCUT2D eigenvalue weighted by atomic mass is 10.2. The van der Waals surface area contributed by atoms with Gasteiger partial charge in [0.15, 0.2) is 0 Å². The summed E-state index contributed by atoms with van der Waals surface area (Å²) >= 11 is 5.85. The number of nitrogens with two attached hydrogens (primary N) is 1. The predicted octanol–water partition coefficient (Wildman–Crippen LogP) is 3.73. The number of anilines is 3. The van der Waals surface area contributed by atoms with E-state index in [9.17, 15) is 4.39 Å². The number of nitrogens with zero attached hydrogens (tertiary/aromatic N) is 2. The largest absolute Gasteiger partial charge is 0.340 e. The van der Waals surface area contributed by atoms with E-state index >= 15 is 0 Å². The van der Waals surface area contributed by atoms with Gasteiger partial charge in [0.1, 0.15) is 23.3 Å². The predicted molar refractivity (Wildman–Crippen MR) is 83.4 cm³/mol. The molecule has 1 heterocycles. The molecular weight excluding hydrogens is 293 g/mol. The van der Waals surface area contributed by atoms with Crippen LogP contribution in [0.3, 0.4) is 0 Å². The van der Waals surface area contributed by atoms with Gasteiger partial charge in [-0.1, -0.05) is 25.4 Å². The lowest BCUT2D eigenvalue weighted by Crippen LogP contribution is -2.14. The van der Waals surface area contributed by atoms with Crippen molar-refractivity contribution in [2.45, 2.75) is 26.7 Å². The molecule has 5 nitrogen and oxygen atoms in total. The van der Waals surface area contributed by atoms with Crippen molar-refractivity contribution in [3.05, 3.63) is 40.4 Å². The highest BCUT2D eigenvalue weighted by atomic mass is 35.5. The number of rotatable bonds is 4. The first kappa shape index (κ1) is 15.5. The van der Waals surface area contributed by atoms with Crippen LogP contribution in [0.2, 0.25) is 5.02 Å². The summed E-state index contributed by atoms with van der Waals surface area (Å²) in [6.45, 7) is 5.78. The van der Waals surface area contributed by atoms with Crippen molar-refractivity contribution in [2.24, 2.45) is 5.84 Å². The van der Waals surface area contributed by atoms with Crippen LogP contribution in [-0.4, -0.2) is 9.97 Å². The fourth-order valence-electron chi connectivity index (χ4n) is 1.82. The van der Waals surface area contributed by atoms with E-state index in [1.807, 2.05) is 20.8 Å². The molecule has 0 aliphatic carbocycles. The monoisotopic (exact) mass is 309 g/mol. The molecule has 0 saturated heterocycles. The smallest absolute Gasteiger partial charge is 0.148 e. The maximum Gasteiger partial charge on any atom is 0.148 e. The summed E-state index contributed by atoms with van der Waals surface area (Å²) < 4.78 is 13.4. The summed E-state index contributed by atoms with van der Waals surface area (Å²) in [5, 5.41) is 3.36. The first-order chi connectivity index (χ1) is 9.90. The number of nitrogen functional groups attached to an aromatic ring is 1. The molecular formula is C14H17ClFN5. The minimum Gasteiger partial charge on any atom is -0.340 e. The Kier molecular flexibility index (Phi) is 4.59. The molecule has 0 aliphatic heterocycles. The Bertz CT molecular complexity index is 640. The summed E-state index contributed by atoms with van der Waals surface area (Å²) in [5.74, 6) is 6.92. The van der Waals surface area contributed by atoms with Gasteiger partial charge in [-0.3, -0.25) is 0 Å². The normalized spacial score (nSPS) is 10.8. The first-order valence-electron chi connectivity index (χ1n) is 6.49. The zero-order valence-corrected chi connectivity index (χ0v) is 12.8. The number of nitrogens with one attached hydrogen (secondary N) is 2. The summed E-state index contributed by atoms with van der Waals surface area (Å²) in [6.07, 6.45) is 0. The van der Waals surface area contributed by atoms with Crippen molar-refractivity contribution < 1.29 is 4.39 Å². The van der Waals surface area contributed by atoms with Crippen LogP contribution >= 0.6 is 11.6 Å². The molecule has 0 saturated carbocycles. The Morgan fingerprint density at radius 2 is 1.86 bits per heavy atom. The summed E-state index contributed by atoms with van der Waals surface area (Å²) in [4.78, 5) is 8.79. The minimum absolute atomic E-state index is 0.134. The van der Waals surface area contributed by atoms with Crippen LogP contribution in [0.15, 0.2) is 18.2 Å². The van der Waals surface area contributed by atoms with Crippen molar-refractivity contribution in [3.63, 3.8) is 0 Å². The third kappa shape index (κ3) is 3.59. The van der Waals surface area contributed by atoms with Crippen molar-refractivity contribution >= 4 is 28.9 Å². The standard InChI is InChI=1S/C14H17ClFN5/c1-7(2)12-19-13(8(3)14(20-12)21-17)18-11-5-9(15)4-10(16)6-11/h4-7H,17H2,1-3H3,(H2,18,19,20,21). The summed E-state index contributed by atoms with van der Waals surface area (Å²) in [6, 6.07) is 4.21. The van der Waals surface area contributed by atoms with Crippen LogP contribution in [0.5, 0.6) is 0 Å². The van der Waals surface area contributed by atoms with Crippen LogP contribution in [0, 0.1) is 12.7 Å². The average Bonchev–Trinajstić information content (AvgIpc) is 2.39. The molecule has 1 aromatic carbocycles. The van der Waals surface area contributed by atoms with Gasteiger partial charge in [0.05, 0.1) is 0 Å². The molecule has 2 rings (SSSR count). The fourth-order valence-corrected chi connectivity index (χ4v) is 2.04. The lowest BCUT2D eigenvalue weighted by molar-refractivity contribution is 0.628. The second-order valence-corrected chi connectivity index (χ2v) is 5.42. The second-order valence-electron chi connectivity index (χ2n) is 4.99. The fraction of sp³-hybridized carbons (Fsp3) is 0.286. The highest BCUT2D eigenvalue weighted by Crippen LogP contribution is 2.27. The van der Waals surface area contributed by atoms with Gasteiger partial charge in [-0.15, -0.1) is 0 Å². The second kappa shape index (κ2) is 6.24. The number of benzene rings is 1. The van der Waals surface area contributed by atoms with E-state index in [1.54, 1.807) is 6.07 Å². The van der Waals surface area contributed by atoms with Gasteiger partial charge in [-0.25, -0.2) is 20.2 Å². The van der Waals surface area contributed by atoms with Gasteiger partial charge < -0.3 is 10.7 Å². The van der Waals surface area contributed by atoms with Crippen molar-refractivity contribution in [3.8, 4) is 0 Å². The zero-order chi connectivity index (χ0) is 15.6. The minimum atomic E-state index is -0.419. The molecule has 0 unspecified atom stereocenters. The van der Waals surface area contributed by atoms with Crippen LogP contribution in [0.25, 0.3) is 0 Å². The molecule has 0 bridgehead atoms. The number of hydrogen-bond donors (Lipinski definition) is 3. The average molecular weight is 310 g/mol. The Balaban J connectivity index is 2.45. The van der Waals surface area contributed by atoms with E-state index in [4.69, 9.17) is 17.4 Å². The molecule has 112 valence electrons. The Labute approximate surface area is 127 Å². The molecule has 0 aliphatic rings. The number of hydrogen-bond acceptors (Lipinski definition) is 5. The van der Waals surface area contributed by atoms with E-state index < -0.39 is 5.82 Å². The Hall–Kier alpha value is -1.92. The van der Waals surface area contributed by atoms with Crippen molar-refractivity contribution in [1.82, 2.24) is 9.97 Å². The van der Waals surface area contributed by atoms with Gasteiger partial charge in [-0.05, 0) is 25.1 Å². The van der Waals surface area contributed by atoms with E-state index in [0.717, 1.165) is 5.56 Å². The highest BCUT2D eigenvalue weighted by Gasteiger charge is 2.13. The molecule has 0 radical (unpaired) electrons. The van der Waals surface area contributed by atoms with Gasteiger partial charge in [0.2, 0.25) is 0 Å². The van der Waals surface area contributed by atoms with Crippen LogP contribution in [0.4, 0.5) is 21.7 Å². The Morgan fingerprint density at radius 3 is 2.43 bits per heavy atom. The zero-order valence-electron chi connectivity index (χ0n) is 12.0. The third-order valence-electron chi connectivity index (χ3n) is 2.94. The Morgan fingerprint density at radius 1 is 1.19 bits per heavy atom. The molecule has 7 heteroatoms. The van der Waals surface area contributed by atoms with E-state index in [2.05, 4.69) is 20.7 Å². The molecule has 4 N–H and O–H groups in total. The van der Waals surface area contributed by atoms with Gasteiger partial charge in [0.25, 0.3) is 0 Å². The van der Waals surface area contributed by atoms with Gasteiger partial charge >= 0.3 is 0 Å². The molecule has 21 heavy (non-hydrogen) atoms. The van der Waals surface area contributed by atoms with Gasteiger partial charge in [0, 0.05) is 22.2 Å². The van der Waals surface area contributed by atoms with Gasteiger partial charge in [-0.2, -0.15) is 0 Å². The third-order valence-corrected chi connectivity index (χ3v) is 3.16. The first-order valence-corrected chi connectivity index (χ1v) is 6.86. The van der Waals surface area contributed by atoms with E-state index in [1.165, 1.54) is 12.1 Å². The molecule has 2 aromatic rings. The maximum absolute atomic E-state index is 13.4. The van der Waals surface area contributed by atoms with Crippen molar-refractivity contribution in [1.29, 1.82) is 0 Å². The van der Waals surface area contributed by atoms with Crippen LogP contribution in [-0.2, 0) is 0 Å². The quantitative estimate of drug-likeness (QED) is 0.592. The topological polar surface area (TPSA) is 75.9 Å². The van der Waals surface area contributed by atoms with Crippen LogP contribution in [0.1, 0.15) is 31.2 Å². The molecule has 0 fully saturated rings. The summed E-state index contributed by atoms with van der Waals surface area (Å²) in [7, 11) is 0. The number of halogens is 2. The number of hydrazine groups is 1. The lowest BCUT2D eigenvalue weighted by Gasteiger charge is -2.15. The summed E-state index contributed by atoms with van der Waals surface area (Å²) in [5.41, 5.74) is 3.80. The van der Waals surface area contributed by atoms with E-state index in [-0.39, 0.29) is 5.92 Å². The number of aromatic nitrogens is 2. The maximum atomic E-state index is 13.4. The molecule has 0 amide bonds.